The molecule has 0 amide bonds. The number of hydrogen-bond donors (Lipinski definition) is 1. The second-order valence-electron chi connectivity index (χ2n) is 5.95. The van der Waals surface area contributed by atoms with Crippen molar-refractivity contribution in [1.29, 1.82) is 0 Å². The molecule has 4 heteroatoms. The minimum Gasteiger partial charge on any atom is -0.392 e. The molecule has 2 fully saturated rings. The molecule has 2 aliphatic heterocycles. The molecule has 3 rings (SSSR count). The lowest BCUT2D eigenvalue weighted by atomic mass is 9.81. The summed E-state index contributed by atoms with van der Waals surface area (Å²) in [5.41, 5.74) is 1.08. The monoisotopic (exact) mass is 312 g/mol. The van der Waals surface area contributed by atoms with Gasteiger partial charge in [0.1, 0.15) is 0 Å². The number of rotatable bonds is 3. The van der Waals surface area contributed by atoms with Crippen LogP contribution in [0.2, 0.25) is 5.02 Å². The highest BCUT2D eigenvalue weighted by atomic mass is 35.5. The van der Waals surface area contributed by atoms with Crippen molar-refractivity contribution in [3.8, 4) is 0 Å². The van der Waals surface area contributed by atoms with Gasteiger partial charge in [0.05, 0.1) is 11.7 Å². The van der Waals surface area contributed by atoms with Crippen LogP contribution in [0.25, 0.3) is 0 Å². The van der Waals surface area contributed by atoms with Crippen LogP contribution in [0, 0.1) is 5.92 Å². The van der Waals surface area contributed by atoms with Crippen LogP contribution in [-0.4, -0.2) is 34.9 Å². The smallest absolute Gasteiger partial charge is 0.0783 e. The third-order valence-corrected chi connectivity index (χ3v) is 6.12. The minimum absolute atomic E-state index is 0.0368. The summed E-state index contributed by atoms with van der Waals surface area (Å²) in [5.74, 6) is 2.61. The van der Waals surface area contributed by atoms with Crippen molar-refractivity contribution in [2.75, 3.05) is 18.1 Å². The molecule has 0 aliphatic carbocycles. The van der Waals surface area contributed by atoms with Gasteiger partial charge >= 0.3 is 0 Å². The summed E-state index contributed by atoms with van der Waals surface area (Å²) >= 11 is 8.16. The summed E-state index contributed by atoms with van der Waals surface area (Å²) in [4.78, 5) is 0. The third kappa shape index (κ3) is 3.16. The number of ether oxygens (including phenoxy) is 1. The molecular formula is C16H21ClO2S. The van der Waals surface area contributed by atoms with E-state index in [1.165, 1.54) is 5.75 Å². The van der Waals surface area contributed by atoms with Gasteiger partial charge in [-0.1, -0.05) is 29.8 Å². The van der Waals surface area contributed by atoms with Crippen LogP contribution in [0.1, 0.15) is 24.8 Å². The predicted octanol–water partition coefficient (Wildman–Crippen LogP) is 3.55. The molecule has 2 nitrogen and oxygen atoms in total. The molecule has 0 bridgehead atoms. The topological polar surface area (TPSA) is 29.5 Å². The fourth-order valence-electron chi connectivity index (χ4n) is 3.31. The van der Waals surface area contributed by atoms with Crippen LogP contribution in [0.5, 0.6) is 0 Å². The lowest BCUT2D eigenvalue weighted by molar-refractivity contribution is -0.101. The summed E-state index contributed by atoms with van der Waals surface area (Å²) in [6.07, 6.45) is 3.41. The highest BCUT2D eigenvalue weighted by molar-refractivity contribution is 7.99. The van der Waals surface area contributed by atoms with Gasteiger partial charge in [-0.25, -0.2) is 0 Å². The SMILES string of the molecule is OC(Cc1ccccc1Cl)C1CCOC2(CCSC2)C1. The molecule has 1 aromatic rings. The average Bonchev–Trinajstić information content (AvgIpc) is 2.89. The van der Waals surface area contributed by atoms with E-state index in [2.05, 4.69) is 0 Å². The summed E-state index contributed by atoms with van der Waals surface area (Å²) in [7, 11) is 0. The molecule has 3 unspecified atom stereocenters. The lowest BCUT2D eigenvalue weighted by Crippen LogP contribution is -2.43. The zero-order valence-corrected chi connectivity index (χ0v) is 13.1. The second-order valence-corrected chi connectivity index (χ2v) is 7.46. The van der Waals surface area contributed by atoms with Crippen LogP contribution in [0.3, 0.4) is 0 Å². The first-order valence-corrected chi connectivity index (χ1v) is 8.85. The Balaban J connectivity index is 1.65. The largest absolute Gasteiger partial charge is 0.392 e. The molecule has 1 N–H and O–H groups in total. The maximum atomic E-state index is 10.6. The van der Waals surface area contributed by atoms with Crippen LogP contribution in [-0.2, 0) is 11.2 Å². The maximum Gasteiger partial charge on any atom is 0.0783 e. The molecule has 2 saturated heterocycles. The quantitative estimate of drug-likeness (QED) is 0.925. The summed E-state index contributed by atoms with van der Waals surface area (Å²) < 4.78 is 6.02. The zero-order chi connectivity index (χ0) is 14.0. The number of halogens is 1. The first kappa shape index (κ1) is 14.7. The van der Waals surface area contributed by atoms with Crippen molar-refractivity contribution in [2.45, 2.75) is 37.4 Å². The van der Waals surface area contributed by atoms with E-state index < -0.39 is 0 Å². The van der Waals surface area contributed by atoms with Gasteiger partial charge in [0, 0.05) is 23.8 Å². The first-order valence-electron chi connectivity index (χ1n) is 7.32. The third-order valence-electron chi connectivity index (χ3n) is 4.53. The molecule has 2 heterocycles. The normalized spacial score (nSPS) is 31.6. The summed E-state index contributed by atoms with van der Waals surface area (Å²) in [5, 5.41) is 11.3. The Morgan fingerprint density at radius 1 is 1.45 bits per heavy atom. The number of thioether (sulfide) groups is 1. The number of hydrogen-bond acceptors (Lipinski definition) is 3. The molecule has 110 valence electrons. The van der Waals surface area contributed by atoms with E-state index in [9.17, 15) is 5.11 Å². The fourth-order valence-corrected chi connectivity index (χ4v) is 4.90. The minimum atomic E-state index is -0.318. The van der Waals surface area contributed by atoms with Crippen LogP contribution < -0.4 is 0 Å². The van der Waals surface area contributed by atoms with Crippen LogP contribution in [0.4, 0.5) is 0 Å². The van der Waals surface area contributed by atoms with Crippen LogP contribution >= 0.6 is 23.4 Å². The molecule has 3 atom stereocenters. The van der Waals surface area contributed by atoms with Crippen molar-refractivity contribution in [3.63, 3.8) is 0 Å². The zero-order valence-electron chi connectivity index (χ0n) is 11.6. The van der Waals surface area contributed by atoms with E-state index in [4.69, 9.17) is 16.3 Å². The van der Waals surface area contributed by atoms with Gasteiger partial charge in [0.2, 0.25) is 0 Å². The Morgan fingerprint density at radius 3 is 3.05 bits per heavy atom. The van der Waals surface area contributed by atoms with Gasteiger partial charge < -0.3 is 9.84 Å². The maximum absolute atomic E-state index is 10.6. The molecule has 1 spiro atoms. The van der Waals surface area contributed by atoms with Gasteiger partial charge in [-0.05, 0) is 42.6 Å². The van der Waals surface area contributed by atoms with Crippen molar-refractivity contribution in [2.24, 2.45) is 5.92 Å². The number of aliphatic hydroxyl groups excluding tert-OH is 1. The first-order chi connectivity index (χ1) is 9.69. The Morgan fingerprint density at radius 2 is 2.30 bits per heavy atom. The Hall–Kier alpha value is -0.220. The lowest BCUT2D eigenvalue weighted by Gasteiger charge is -2.39. The average molecular weight is 313 g/mol. The summed E-state index contributed by atoms with van der Waals surface area (Å²) in [6.45, 7) is 0.783. The molecule has 2 aliphatic rings. The Kier molecular flexibility index (Phi) is 4.61. The van der Waals surface area contributed by atoms with E-state index in [1.807, 2.05) is 36.0 Å². The molecule has 0 aromatic heterocycles. The van der Waals surface area contributed by atoms with Gasteiger partial charge in [0.25, 0.3) is 0 Å². The second kappa shape index (κ2) is 6.27. The van der Waals surface area contributed by atoms with E-state index in [1.54, 1.807) is 0 Å². The number of aliphatic hydroxyl groups is 1. The van der Waals surface area contributed by atoms with Crippen molar-refractivity contribution >= 4 is 23.4 Å². The van der Waals surface area contributed by atoms with E-state index in [-0.39, 0.29) is 11.7 Å². The summed E-state index contributed by atoms with van der Waals surface area (Å²) in [6, 6.07) is 7.80. The Bertz CT molecular complexity index is 460. The van der Waals surface area contributed by atoms with E-state index in [0.29, 0.717) is 12.3 Å². The molecule has 1 aromatic carbocycles. The highest BCUT2D eigenvalue weighted by Gasteiger charge is 2.42. The van der Waals surface area contributed by atoms with Gasteiger partial charge in [-0.2, -0.15) is 11.8 Å². The molecular weight excluding hydrogens is 292 g/mol. The predicted molar refractivity (Wildman–Crippen MR) is 84.5 cm³/mol. The van der Waals surface area contributed by atoms with E-state index >= 15 is 0 Å². The molecule has 20 heavy (non-hydrogen) atoms. The molecule has 0 saturated carbocycles. The number of benzene rings is 1. The highest BCUT2D eigenvalue weighted by Crippen LogP contribution is 2.41. The fraction of sp³-hybridized carbons (Fsp3) is 0.625. The van der Waals surface area contributed by atoms with Gasteiger partial charge in [0.15, 0.2) is 0 Å². The van der Waals surface area contributed by atoms with Crippen molar-refractivity contribution < 1.29 is 9.84 Å². The van der Waals surface area contributed by atoms with Crippen LogP contribution in [0.15, 0.2) is 24.3 Å². The van der Waals surface area contributed by atoms with Crippen molar-refractivity contribution in [1.82, 2.24) is 0 Å². The van der Waals surface area contributed by atoms with Gasteiger partial charge in [-0.3, -0.25) is 0 Å². The standard InChI is InChI=1S/C16H21ClO2S/c17-14-4-2-1-3-12(14)9-15(18)13-5-7-19-16(10-13)6-8-20-11-16/h1-4,13,15,18H,5-11H2. The van der Waals surface area contributed by atoms with Crippen molar-refractivity contribution in [3.05, 3.63) is 34.9 Å². The molecule has 0 radical (unpaired) electrons. The van der Waals surface area contributed by atoms with E-state index in [0.717, 1.165) is 42.2 Å². The Labute approximate surface area is 129 Å². The van der Waals surface area contributed by atoms with Gasteiger partial charge in [-0.15, -0.1) is 0 Å².